The number of rotatable bonds is 4. The smallest absolute Gasteiger partial charge is 0.238 e. The van der Waals surface area contributed by atoms with Crippen molar-refractivity contribution in [1.29, 1.82) is 0 Å². The van der Waals surface area contributed by atoms with E-state index in [9.17, 15) is 4.79 Å². The number of benzene rings is 1. The number of amides is 1. The Labute approximate surface area is 146 Å². The molecule has 2 saturated heterocycles. The van der Waals surface area contributed by atoms with Crippen LogP contribution in [0.4, 0.5) is 11.4 Å². The van der Waals surface area contributed by atoms with Crippen LogP contribution in [0.15, 0.2) is 24.3 Å². The van der Waals surface area contributed by atoms with Crippen molar-refractivity contribution in [3.05, 3.63) is 24.3 Å². The lowest BCUT2D eigenvalue weighted by Crippen LogP contribution is -2.39. The lowest BCUT2D eigenvalue weighted by Gasteiger charge is -2.32. The maximum Gasteiger partial charge on any atom is 0.238 e. The number of likely N-dealkylation sites (tertiary alicyclic amines) is 1. The van der Waals surface area contributed by atoms with Crippen LogP contribution in [0.2, 0.25) is 0 Å². The second-order valence-electron chi connectivity index (χ2n) is 7.75. The number of hydrogen-bond donors (Lipinski definition) is 1. The van der Waals surface area contributed by atoms with Crippen molar-refractivity contribution in [2.45, 2.75) is 39.5 Å². The van der Waals surface area contributed by atoms with Crippen molar-refractivity contribution in [1.82, 2.24) is 4.90 Å². The Morgan fingerprint density at radius 3 is 2.42 bits per heavy atom. The quantitative estimate of drug-likeness (QED) is 0.917. The molecule has 1 amide bonds. The van der Waals surface area contributed by atoms with Gasteiger partial charge in [-0.25, -0.2) is 0 Å². The topological polar surface area (TPSA) is 35.6 Å². The largest absolute Gasteiger partial charge is 0.372 e. The Hall–Kier alpha value is -1.55. The van der Waals surface area contributed by atoms with Gasteiger partial charge in [0, 0.05) is 31.0 Å². The van der Waals surface area contributed by atoms with Crippen LogP contribution in [0.5, 0.6) is 0 Å². The Kier molecular flexibility index (Phi) is 5.77. The Morgan fingerprint density at radius 1 is 1.04 bits per heavy atom. The van der Waals surface area contributed by atoms with Crippen LogP contribution in [-0.2, 0) is 4.79 Å². The first kappa shape index (κ1) is 17.3. The van der Waals surface area contributed by atoms with Gasteiger partial charge in [0.05, 0.1) is 6.54 Å². The number of anilines is 2. The summed E-state index contributed by atoms with van der Waals surface area (Å²) in [6.07, 6.45) is 5.03. The molecule has 0 bridgehead atoms. The highest BCUT2D eigenvalue weighted by molar-refractivity contribution is 5.92. The molecule has 0 aromatic heterocycles. The van der Waals surface area contributed by atoms with Crippen molar-refractivity contribution in [3.8, 4) is 0 Å². The van der Waals surface area contributed by atoms with Crippen molar-refractivity contribution in [2.75, 3.05) is 42.9 Å². The summed E-state index contributed by atoms with van der Waals surface area (Å²) in [5, 5.41) is 3.04. The third-order valence-corrected chi connectivity index (χ3v) is 5.41. The first-order chi connectivity index (χ1) is 11.6. The van der Waals surface area contributed by atoms with Gasteiger partial charge < -0.3 is 10.2 Å². The molecule has 4 heteroatoms. The fraction of sp³-hybridized carbons (Fsp3) is 0.650. The average Bonchev–Trinajstić information content (AvgIpc) is 2.56. The van der Waals surface area contributed by atoms with E-state index in [1.165, 1.54) is 31.4 Å². The average molecular weight is 329 g/mol. The molecule has 4 nitrogen and oxygen atoms in total. The Balaban J connectivity index is 1.49. The summed E-state index contributed by atoms with van der Waals surface area (Å²) in [4.78, 5) is 17.0. The van der Waals surface area contributed by atoms with E-state index in [0.29, 0.717) is 12.5 Å². The molecule has 0 spiro atoms. The zero-order valence-corrected chi connectivity index (χ0v) is 15.1. The van der Waals surface area contributed by atoms with Crippen LogP contribution in [0.3, 0.4) is 0 Å². The first-order valence-corrected chi connectivity index (χ1v) is 9.47. The molecule has 24 heavy (non-hydrogen) atoms. The number of hydrogen-bond acceptors (Lipinski definition) is 3. The molecule has 0 radical (unpaired) electrons. The van der Waals surface area contributed by atoms with E-state index in [1.807, 2.05) is 12.1 Å². The molecule has 2 fully saturated rings. The van der Waals surface area contributed by atoms with E-state index in [0.717, 1.165) is 37.8 Å². The molecular weight excluding hydrogens is 298 g/mol. The van der Waals surface area contributed by atoms with Crippen molar-refractivity contribution in [2.24, 2.45) is 11.8 Å². The SMILES string of the molecule is CC1CCN(c2ccc(NC(=O)CN3CCCC(C)C3)cc2)CC1. The van der Waals surface area contributed by atoms with E-state index >= 15 is 0 Å². The first-order valence-electron chi connectivity index (χ1n) is 9.47. The number of carbonyl (C=O) groups excluding carboxylic acids is 1. The standard InChI is InChI=1S/C20H31N3O/c1-16-9-12-23(13-10-16)19-7-5-18(6-8-19)21-20(24)15-22-11-3-4-17(2)14-22/h5-8,16-17H,3-4,9-15H2,1-2H3,(H,21,24). The van der Waals surface area contributed by atoms with Gasteiger partial charge in [-0.1, -0.05) is 13.8 Å². The predicted molar refractivity (Wildman–Crippen MR) is 101 cm³/mol. The van der Waals surface area contributed by atoms with Gasteiger partial charge in [-0.2, -0.15) is 0 Å². The summed E-state index contributed by atoms with van der Waals surface area (Å²) < 4.78 is 0. The lowest BCUT2D eigenvalue weighted by atomic mass is 9.99. The van der Waals surface area contributed by atoms with Gasteiger partial charge in [-0.3, -0.25) is 9.69 Å². The molecule has 1 unspecified atom stereocenters. The maximum absolute atomic E-state index is 12.2. The molecule has 2 aliphatic rings. The van der Waals surface area contributed by atoms with Crippen LogP contribution in [0.25, 0.3) is 0 Å². The minimum Gasteiger partial charge on any atom is -0.372 e. The minimum atomic E-state index is 0.101. The van der Waals surface area contributed by atoms with Crippen molar-refractivity contribution in [3.63, 3.8) is 0 Å². The van der Waals surface area contributed by atoms with Gasteiger partial charge in [-0.05, 0) is 68.3 Å². The fourth-order valence-electron chi connectivity index (χ4n) is 3.86. The molecule has 1 aromatic rings. The second-order valence-corrected chi connectivity index (χ2v) is 7.75. The van der Waals surface area contributed by atoms with Crippen LogP contribution >= 0.6 is 0 Å². The van der Waals surface area contributed by atoms with Crippen LogP contribution in [0.1, 0.15) is 39.5 Å². The summed E-state index contributed by atoms with van der Waals surface area (Å²) >= 11 is 0. The summed E-state index contributed by atoms with van der Waals surface area (Å²) in [5.41, 5.74) is 2.17. The zero-order valence-electron chi connectivity index (χ0n) is 15.1. The Morgan fingerprint density at radius 2 is 1.75 bits per heavy atom. The van der Waals surface area contributed by atoms with Gasteiger partial charge in [0.25, 0.3) is 0 Å². The van der Waals surface area contributed by atoms with Crippen LogP contribution in [0, 0.1) is 11.8 Å². The van der Waals surface area contributed by atoms with E-state index in [4.69, 9.17) is 0 Å². The van der Waals surface area contributed by atoms with Gasteiger partial charge in [0.1, 0.15) is 0 Å². The molecule has 1 atom stereocenters. The summed E-state index contributed by atoms with van der Waals surface area (Å²) in [5.74, 6) is 1.65. The van der Waals surface area contributed by atoms with E-state index in [-0.39, 0.29) is 5.91 Å². The third kappa shape index (κ3) is 4.73. The highest BCUT2D eigenvalue weighted by Gasteiger charge is 2.19. The number of nitrogens with zero attached hydrogens (tertiary/aromatic N) is 2. The summed E-state index contributed by atoms with van der Waals surface area (Å²) in [6.45, 7) is 9.48. The predicted octanol–water partition coefficient (Wildman–Crippen LogP) is 3.59. The number of carbonyl (C=O) groups is 1. The summed E-state index contributed by atoms with van der Waals surface area (Å²) in [7, 11) is 0. The molecule has 132 valence electrons. The molecule has 1 aromatic carbocycles. The van der Waals surface area contributed by atoms with Crippen LogP contribution < -0.4 is 10.2 Å². The zero-order chi connectivity index (χ0) is 16.9. The van der Waals surface area contributed by atoms with Crippen molar-refractivity contribution >= 4 is 17.3 Å². The van der Waals surface area contributed by atoms with E-state index < -0.39 is 0 Å². The molecule has 0 saturated carbocycles. The molecule has 1 N–H and O–H groups in total. The molecular formula is C20H31N3O. The van der Waals surface area contributed by atoms with Crippen LogP contribution in [-0.4, -0.2) is 43.5 Å². The Bertz CT molecular complexity index is 534. The third-order valence-electron chi connectivity index (χ3n) is 5.41. The summed E-state index contributed by atoms with van der Waals surface area (Å²) in [6, 6.07) is 8.33. The van der Waals surface area contributed by atoms with Gasteiger partial charge in [0.15, 0.2) is 0 Å². The lowest BCUT2D eigenvalue weighted by molar-refractivity contribution is -0.117. The highest BCUT2D eigenvalue weighted by Crippen LogP contribution is 2.24. The van der Waals surface area contributed by atoms with E-state index in [2.05, 4.69) is 41.1 Å². The monoisotopic (exact) mass is 329 g/mol. The van der Waals surface area contributed by atoms with Gasteiger partial charge in [-0.15, -0.1) is 0 Å². The normalized spacial score (nSPS) is 23.2. The van der Waals surface area contributed by atoms with Gasteiger partial charge >= 0.3 is 0 Å². The number of nitrogens with one attached hydrogen (secondary N) is 1. The minimum absolute atomic E-state index is 0.101. The number of piperidine rings is 2. The molecule has 0 aliphatic carbocycles. The van der Waals surface area contributed by atoms with Gasteiger partial charge in [0.2, 0.25) is 5.91 Å². The molecule has 3 rings (SSSR count). The highest BCUT2D eigenvalue weighted by atomic mass is 16.2. The fourth-order valence-corrected chi connectivity index (χ4v) is 3.86. The maximum atomic E-state index is 12.2. The second kappa shape index (κ2) is 8.02. The molecule has 2 aliphatic heterocycles. The molecule has 2 heterocycles. The van der Waals surface area contributed by atoms with E-state index in [1.54, 1.807) is 0 Å². The van der Waals surface area contributed by atoms with Crippen molar-refractivity contribution < 1.29 is 4.79 Å².